The Kier molecular flexibility index (Phi) is 3.07. The van der Waals surface area contributed by atoms with Crippen molar-refractivity contribution in [1.82, 2.24) is 10.2 Å². The average molecular weight is 301 g/mol. The van der Waals surface area contributed by atoms with Crippen LogP contribution in [0.3, 0.4) is 0 Å². The molecule has 5 nitrogen and oxygen atoms in total. The summed E-state index contributed by atoms with van der Waals surface area (Å²) >= 11 is 3.35. The zero-order valence-electron chi connectivity index (χ0n) is 9.57. The van der Waals surface area contributed by atoms with Crippen LogP contribution in [0.25, 0.3) is 0 Å². The molecule has 0 saturated carbocycles. The molecule has 17 heavy (non-hydrogen) atoms. The predicted molar refractivity (Wildman–Crippen MR) is 64.0 cm³/mol. The van der Waals surface area contributed by atoms with Crippen LogP contribution >= 0.6 is 15.9 Å². The van der Waals surface area contributed by atoms with Gasteiger partial charge >= 0.3 is 0 Å². The van der Waals surface area contributed by atoms with E-state index in [4.69, 9.17) is 0 Å². The highest BCUT2D eigenvalue weighted by Gasteiger charge is 2.51. The Labute approximate surface area is 107 Å². The summed E-state index contributed by atoms with van der Waals surface area (Å²) in [6.07, 6.45) is 2.32. The number of carbonyl (C=O) groups is 3. The SMILES string of the molecule is CC(=O)N[C@@H]1C=C(Br)C[C@@H]2C(=O)N(C)C(=O)[C@@H]21. The first-order valence-electron chi connectivity index (χ1n) is 5.36. The van der Waals surface area contributed by atoms with Gasteiger partial charge in [-0.3, -0.25) is 19.3 Å². The number of imide groups is 1. The van der Waals surface area contributed by atoms with Crippen molar-refractivity contribution in [3.05, 3.63) is 10.6 Å². The molecule has 0 radical (unpaired) electrons. The molecule has 2 rings (SSSR count). The number of hydrogen-bond donors (Lipinski definition) is 1. The van der Waals surface area contributed by atoms with E-state index in [0.717, 1.165) is 9.38 Å². The first-order valence-corrected chi connectivity index (χ1v) is 6.16. The van der Waals surface area contributed by atoms with E-state index in [2.05, 4.69) is 21.2 Å². The summed E-state index contributed by atoms with van der Waals surface area (Å²) in [5.41, 5.74) is 0. The molecule has 2 aliphatic rings. The standard InChI is InChI=1S/C11H13BrN2O3/c1-5(15)13-8-4-6(12)3-7-9(8)11(17)14(2)10(7)16/h4,7-9H,3H2,1-2H3,(H,13,15)/t7-,8+,9-/m0/s1. The minimum Gasteiger partial charge on any atom is -0.349 e. The van der Waals surface area contributed by atoms with Gasteiger partial charge in [0.25, 0.3) is 0 Å². The highest BCUT2D eigenvalue weighted by molar-refractivity contribution is 9.11. The summed E-state index contributed by atoms with van der Waals surface area (Å²) in [4.78, 5) is 36.1. The lowest BCUT2D eigenvalue weighted by Gasteiger charge is -2.28. The normalized spacial score (nSPS) is 32.3. The Morgan fingerprint density at radius 1 is 1.47 bits per heavy atom. The van der Waals surface area contributed by atoms with Crippen molar-refractivity contribution in [2.75, 3.05) is 7.05 Å². The van der Waals surface area contributed by atoms with Gasteiger partial charge in [0.1, 0.15) is 0 Å². The molecular formula is C11H13BrN2O3. The van der Waals surface area contributed by atoms with Crippen molar-refractivity contribution in [3.63, 3.8) is 0 Å². The van der Waals surface area contributed by atoms with Gasteiger partial charge in [-0.05, 0) is 10.9 Å². The summed E-state index contributed by atoms with van der Waals surface area (Å²) in [7, 11) is 1.49. The average Bonchev–Trinajstić information content (AvgIpc) is 2.43. The van der Waals surface area contributed by atoms with E-state index in [1.807, 2.05) is 0 Å². The van der Waals surface area contributed by atoms with Crippen molar-refractivity contribution in [2.45, 2.75) is 19.4 Å². The van der Waals surface area contributed by atoms with Crippen molar-refractivity contribution < 1.29 is 14.4 Å². The number of likely N-dealkylation sites (tertiary alicyclic amines) is 1. The Hall–Kier alpha value is -1.17. The van der Waals surface area contributed by atoms with Crippen molar-refractivity contribution in [2.24, 2.45) is 11.8 Å². The molecule has 0 spiro atoms. The number of hydrogen-bond acceptors (Lipinski definition) is 3. The van der Waals surface area contributed by atoms with Gasteiger partial charge in [-0.1, -0.05) is 22.0 Å². The van der Waals surface area contributed by atoms with E-state index in [-0.39, 0.29) is 23.6 Å². The Morgan fingerprint density at radius 3 is 2.71 bits per heavy atom. The van der Waals surface area contributed by atoms with Crippen LogP contribution in [0.15, 0.2) is 10.6 Å². The van der Waals surface area contributed by atoms with Gasteiger partial charge in [-0.15, -0.1) is 0 Å². The van der Waals surface area contributed by atoms with E-state index < -0.39 is 12.0 Å². The fourth-order valence-electron chi connectivity index (χ4n) is 2.47. The molecule has 1 fully saturated rings. The van der Waals surface area contributed by atoms with E-state index in [0.29, 0.717) is 6.42 Å². The summed E-state index contributed by atoms with van der Waals surface area (Å²) in [5.74, 6) is -1.40. The molecule has 1 aliphatic heterocycles. The number of rotatable bonds is 1. The van der Waals surface area contributed by atoms with Crippen molar-refractivity contribution >= 4 is 33.7 Å². The summed E-state index contributed by atoms with van der Waals surface area (Å²) in [6.45, 7) is 1.40. The Balaban J connectivity index is 2.33. The van der Waals surface area contributed by atoms with Crippen LogP contribution in [0.2, 0.25) is 0 Å². The van der Waals surface area contributed by atoms with Crippen LogP contribution in [-0.4, -0.2) is 35.7 Å². The second-order valence-corrected chi connectivity index (χ2v) is 5.43. The van der Waals surface area contributed by atoms with Crippen LogP contribution in [0.4, 0.5) is 0 Å². The number of fused-ring (bicyclic) bond motifs is 1. The molecule has 1 saturated heterocycles. The highest BCUT2D eigenvalue weighted by Crippen LogP contribution is 2.39. The van der Waals surface area contributed by atoms with Gasteiger partial charge in [0.05, 0.1) is 17.9 Å². The second-order valence-electron chi connectivity index (χ2n) is 4.41. The maximum atomic E-state index is 12.0. The van der Waals surface area contributed by atoms with E-state index in [1.165, 1.54) is 14.0 Å². The number of amides is 3. The fraction of sp³-hybridized carbons (Fsp3) is 0.545. The van der Waals surface area contributed by atoms with Crippen molar-refractivity contribution in [3.8, 4) is 0 Å². The van der Waals surface area contributed by atoms with Gasteiger partial charge in [0.15, 0.2) is 0 Å². The molecule has 0 aromatic heterocycles. The smallest absolute Gasteiger partial charge is 0.235 e. The first-order chi connectivity index (χ1) is 7.91. The fourth-order valence-corrected chi connectivity index (χ4v) is 3.10. The lowest BCUT2D eigenvalue weighted by molar-refractivity contribution is -0.138. The summed E-state index contributed by atoms with van der Waals surface area (Å²) in [5, 5.41) is 2.71. The molecule has 92 valence electrons. The molecule has 3 atom stereocenters. The molecular weight excluding hydrogens is 288 g/mol. The highest BCUT2D eigenvalue weighted by atomic mass is 79.9. The molecule has 0 bridgehead atoms. The van der Waals surface area contributed by atoms with Gasteiger partial charge in [-0.2, -0.15) is 0 Å². The molecule has 3 amide bonds. The third-order valence-corrected chi connectivity index (χ3v) is 3.82. The van der Waals surface area contributed by atoms with Crippen LogP contribution < -0.4 is 5.32 Å². The number of nitrogens with zero attached hydrogens (tertiary/aromatic N) is 1. The zero-order valence-corrected chi connectivity index (χ0v) is 11.2. The summed E-state index contributed by atoms with van der Waals surface area (Å²) in [6, 6.07) is -0.401. The molecule has 0 aromatic rings. The maximum Gasteiger partial charge on any atom is 0.235 e. The van der Waals surface area contributed by atoms with Gasteiger partial charge in [-0.25, -0.2) is 0 Å². The molecule has 1 aliphatic carbocycles. The molecule has 6 heteroatoms. The van der Waals surface area contributed by atoms with Crippen LogP contribution in [0, 0.1) is 11.8 Å². The van der Waals surface area contributed by atoms with E-state index in [9.17, 15) is 14.4 Å². The lowest BCUT2D eigenvalue weighted by atomic mass is 9.81. The monoisotopic (exact) mass is 300 g/mol. The topological polar surface area (TPSA) is 66.5 Å². The van der Waals surface area contributed by atoms with Crippen LogP contribution in [-0.2, 0) is 14.4 Å². The molecule has 1 heterocycles. The first kappa shape index (κ1) is 12.3. The Bertz CT molecular complexity index is 432. The van der Waals surface area contributed by atoms with E-state index >= 15 is 0 Å². The van der Waals surface area contributed by atoms with Crippen LogP contribution in [0.5, 0.6) is 0 Å². The molecule has 0 aromatic carbocycles. The minimum absolute atomic E-state index is 0.166. The van der Waals surface area contributed by atoms with Gasteiger partial charge < -0.3 is 5.32 Å². The number of carbonyl (C=O) groups excluding carboxylic acids is 3. The third-order valence-electron chi connectivity index (χ3n) is 3.23. The predicted octanol–water partition coefficient (Wildman–Crippen LogP) is 0.405. The lowest BCUT2D eigenvalue weighted by Crippen LogP contribution is -2.44. The molecule has 0 unspecified atom stereocenters. The van der Waals surface area contributed by atoms with Crippen LogP contribution in [0.1, 0.15) is 13.3 Å². The minimum atomic E-state index is -0.460. The van der Waals surface area contributed by atoms with Gasteiger partial charge in [0.2, 0.25) is 17.7 Å². The summed E-state index contributed by atoms with van der Waals surface area (Å²) < 4.78 is 0.856. The van der Waals surface area contributed by atoms with E-state index in [1.54, 1.807) is 6.08 Å². The quantitative estimate of drug-likeness (QED) is 0.713. The van der Waals surface area contributed by atoms with Crippen molar-refractivity contribution in [1.29, 1.82) is 0 Å². The number of allylic oxidation sites excluding steroid dienone is 1. The zero-order chi connectivity index (χ0) is 12.7. The second kappa shape index (κ2) is 4.25. The molecule has 1 N–H and O–H groups in total. The number of nitrogens with one attached hydrogen (secondary N) is 1. The third kappa shape index (κ3) is 2.01. The Morgan fingerprint density at radius 2 is 2.12 bits per heavy atom. The maximum absolute atomic E-state index is 12.0. The van der Waals surface area contributed by atoms with Gasteiger partial charge in [0, 0.05) is 14.0 Å². The number of halogens is 1. The largest absolute Gasteiger partial charge is 0.349 e.